The van der Waals surface area contributed by atoms with Gasteiger partial charge in [0.15, 0.2) is 0 Å². The number of nitrogens with zero attached hydrogens (tertiary/aromatic N) is 2. The van der Waals surface area contributed by atoms with Crippen molar-refractivity contribution < 1.29 is 13.2 Å². The molecule has 2 rings (SSSR count). The third kappa shape index (κ3) is 3.86. The van der Waals surface area contributed by atoms with Gasteiger partial charge in [0.25, 0.3) is 5.56 Å². The smallest absolute Gasteiger partial charge is 0.380 e. The number of rotatable bonds is 3. The minimum Gasteiger partial charge on any atom is -0.380 e. The first-order valence-corrected chi connectivity index (χ1v) is 6.54. The second kappa shape index (κ2) is 6.01. The van der Waals surface area contributed by atoms with Gasteiger partial charge < -0.3 is 10.6 Å². The Balaban J connectivity index is 2.15. The fourth-order valence-electron chi connectivity index (χ4n) is 2.03. The molecule has 0 aromatic carbocycles. The molecule has 1 aliphatic rings. The van der Waals surface area contributed by atoms with Gasteiger partial charge >= 0.3 is 6.18 Å². The van der Waals surface area contributed by atoms with E-state index in [2.05, 4.69) is 15.7 Å². The van der Waals surface area contributed by atoms with Gasteiger partial charge in [-0.15, -0.1) is 0 Å². The van der Waals surface area contributed by atoms with Gasteiger partial charge in [0, 0.05) is 6.04 Å². The van der Waals surface area contributed by atoms with E-state index in [9.17, 15) is 18.0 Å². The molecule has 1 aromatic heterocycles. The summed E-state index contributed by atoms with van der Waals surface area (Å²) in [5, 5.41) is 9.48. The van der Waals surface area contributed by atoms with Crippen LogP contribution in [0, 0.1) is 0 Å². The van der Waals surface area contributed by atoms with E-state index in [1.54, 1.807) is 0 Å². The van der Waals surface area contributed by atoms with Crippen LogP contribution in [0.2, 0.25) is 5.02 Å². The molecule has 20 heavy (non-hydrogen) atoms. The lowest BCUT2D eigenvalue weighted by Crippen LogP contribution is -2.36. The molecule has 9 heteroatoms. The molecular formula is C11H14ClF3N4O. The molecule has 0 bridgehead atoms. The van der Waals surface area contributed by atoms with Crippen LogP contribution >= 0.6 is 11.6 Å². The highest BCUT2D eigenvalue weighted by molar-refractivity contribution is 6.32. The largest absolute Gasteiger partial charge is 0.408 e. The second-order valence-electron chi connectivity index (χ2n) is 4.62. The van der Waals surface area contributed by atoms with Gasteiger partial charge in [0.05, 0.1) is 11.9 Å². The van der Waals surface area contributed by atoms with E-state index in [0.29, 0.717) is 4.68 Å². The summed E-state index contributed by atoms with van der Waals surface area (Å²) in [6.45, 7) is 0.237. The van der Waals surface area contributed by atoms with Crippen molar-refractivity contribution >= 4 is 17.3 Å². The van der Waals surface area contributed by atoms with Crippen LogP contribution in [-0.4, -0.2) is 35.1 Å². The zero-order valence-electron chi connectivity index (χ0n) is 10.5. The van der Waals surface area contributed by atoms with Gasteiger partial charge in [0.2, 0.25) is 0 Å². The molecule has 1 saturated heterocycles. The van der Waals surface area contributed by atoms with Gasteiger partial charge in [-0.2, -0.15) is 18.3 Å². The summed E-state index contributed by atoms with van der Waals surface area (Å²) in [5.74, 6) is 0. The number of alkyl halides is 3. The first-order chi connectivity index (χ1) is 9.37. The average Bonchev–Trinajstić information content (AvgIpc) is 2.38. The minimum absolute atomic E-state index is 0.133. The zero-order chi connectivity index (χ0) is 14.8. The van der Waals surface area contributed by atoms with Crippen LogP contribution in [0.4, 0.5) is 18.9 Å². The van der Waals surface area contributed by atoms with Crippen molar-refractivity contribution in [2.24, 2.45) is 0 Å². The van der Waals surface area contributed by atoms with Crippen LogP contribution in [0.25, 0.3) is 0 Å². The van der Waals surface area contributed by atoms with E-state index in [0.717, 1.165) is 32.1 Å². The van der Waals surface area contributed by atoms with E-state index in [1.807, 2.05) is 0 Å². The highest BCUT2D eigenvalue weighted by Gasteiger charge is 2.30. The molecule has 0 saturated carbocycles. The third-order valence-electron chi connectivity index (χ3n) is 3.01. The first-order valence-electron chi connectivity index (χ1n) is 6.16. The molecule has 0 amide bonds. The van der Waals surface area contributed by atoms with E-state index in [4.69, 9.17) is 11.6 Å². The number of aromatic nitrogens is 2. The van der Waals surface area contributed by atoms with Crippen molar-refractivity contribution in [3.63, 3.8) is 0 Å². The Bertz CT molecular complexity index is 525. The molecule has 1 aromatic rings. The molecule has 0 atom stereocenters. The van der Waals surface area contributed by atoms with Crippen LogP contribution in [0.5, 0.6) is 0 Å². The van der Waals surface area contributed by atoms with E-state index in [-0.39, 0.29) is 16.8 Å². The number of anilines is 1. The summed E-state index contributed by atoms with van der Waals surface area (Å²) in [6.07, 6.45) is -1.65. The Labute approximate surface area is 118 Å². The Morgan fingerprint density at radius 2 is 2.10 bits per heavy atom. The topological polar surface area (TPSA) is 59.0 Å². The zero-order valence-corrected chi connectivity index (χ0v) is 11.3. The van der Waals surface area contributed by atoms with Crippen molar-refractivity contribution in [2.75, 3.05) is 18.4 Å². The van der Waals surface area contributed by atoms with Gasteiger partial charge in [-0.25, -0.2) is 4.68 Å². The molecule has 5 nitrogen and oxygen atoms in total. The highest BCUT2D eigenvalue weighted by Crippen LogP contribution is 2.21. The lowest BCUT2D eigenvalue weighted by atomic mass is 10.1. The molecule has 112 valence electrons. The number of hydrogen-bond donors (Lipinski definition) is 2. The van der Waals surface area contributed by atoms with Crippen molar-refractivity contribution in [1.29, 1.82) is 0 Å². The Kier molecular flexibility index (Phi) is 4.54. The first kappa shape index (κ1) is 15.1. The molecule has 0 aliphatic carbocycles. The molecule has 2 N–H and O–H groups in total. The predicted octanol–water partition coefficient (Wildman–Crippen LogP) is 1.62. The normalized spacial score (nSPS) is 17.2. The second-order valence-corrected chi connectivity index (χ2v) is 5.00. The molecule has 1 fully saturated rings. The number of piperidine rings is 1. The summed E-state index contributed by atoms with van der Waals surface area (Å²) >= 11 is 5.83. The third-order valence-corrected chi connectivity index (χ3v) is 3.38. The molecule has 1 aliphatic heterocycles. The van der Waals surface area contributed by atoms with E-state index >= 15 is 0 Å². The number of hydrogen-bond acceptors (Lipinski definition) is 4. The maximum absolute atomic E-state index is 12.3. The van der Waals surface area contributed by atoms with Crippen molar-refractivity contribution in [3.05, 3.63) is 21.6 Å². The van der Waals surface area contributed by atoms with Crippen LogP contribution in [0.15, 0.2) is 11.0 Å². The molecular weight excluding hydrogens is 297 g/mol. The Morgan fingerprint density at radius 1 is 1.45 bits per heavy atom. The summed E-state index contributed by atoms with van der Waals surface area (Å²) in [7, 11) is 0. The van der Waals surface area contributed by atoms with Crippen LogP contribution in [0.1, 0.15) is 12.8 Å². The molecule has 0 radical (unpaired) electrons. The SMILES string of the molecule is O=c1c(Cl)c(NC2CCNCC2)cnn1CC(F)(F)F. The summed E-state index contributed by atoms with van der Waals surface area (Å²) in [5.41, 5.74) is -0.662. The van der Waals surface area contributed by atoms with Crippen LogP contribution in [-0.2, 0) is 6.54 Å². The van der Waals surface area contributed by atoms with Crippen molar-refractivity contribution in [3.8, 4) is 0 Å². The van der Waals surface area contributed by atoms with Gasteiger partial charge in [-0.3, -0.25) is 4.79 Å². The lowest BCUT2D eigenvalue weighted by Gasteiger charge is -2.25. The number of halogens is 4. The van der Waals surface area contributed by atoms with E-state index < -0.39 is 18.3 Å². The van der Waals surface area contributed by atoms with Crippen LogP contribution in [0.3, 0.4) is 0 Å². The van der Waals surface area contributed by atoms with Crippen LogP contribution < -0.4 is 16.2 Å². The summed E-state index contributed by atoms with van der Waals surface area (Å²) in [4.78, 5) is 11.7. The van der Waals surface area contributed by atoms with Crippen molar-refractivity contribution in [2.45, 2.75) is 31.6 Å². The summed E-state index contributed by atoms with van der Waals surface area (Å²) in [6, 6.07) is 0.133. The standard InChI is InChI=1S/C11H14ClF3N4O/c12-9-8(18-7-1-3-16-4-2-7)5-17-19(10(9)20)6-11(13,14)15/h5,7,16,18H,1-4,6H2. The monoisotopic (exact) mass is 310 g/mol. The Morgan fingerprint density at radius 3 is 2.70 bits per heavy atom. The average molecular weight is 311 g/mol. The molecule has 0 unspecified atom stereocenters. The summed E-state index contributed by atoms with van der Waals surface area (Å²) < 4.78 is 37.1. The quantitative estimate of drug-likeness (QED) is 0.891. The molecule has 0 spiro atoms. The van der Waals surface area contributed by atoms with E-state index in [1.165, 1.54) is 0 Å². The van der Waals surface area contributed by atoms with Gasteiger partial charge in [-0.1, -0.05) is 11.6 Å². The number of nitrogens with one attached hydrogen (secondary N) is 2. The lowest BCUT2D eigenvalue weighted by molar-refractivity contribution is -0.143. The fourth-order valence-corrected chi connectivity index (χ4v) is 2.24. The maximum Gasteiger partial charge on any atom is 0.408 e. The highest BCUT2D eigenvalue weighted by atomic mass is 35.5. The van der Waals surface area contributed by atoms with Gasteiger partial charge in [-0.05, 0) is 25.9 Å². The minimum atomic E-state index is -4.51. The predicted molar refractivity (Wildman–Crippen MR) is 69.1 cm³/mol. The Hall–Kier alpha value is -1.28. The van der Waals surface area contributed by atoms with Crippen molar-refractivity contribution in [1.82, 2.24) is 15.1 Å². The fraction of sp³-hybridized carbons (Fsp3) is 0.636. The maximum atomic E-state index is 12.3. The molecule has 2 heterocycles. The van der Waals surface area contributed by atoms with Gasteiger partial charge in [0.1, 0.15) is 11.6 Å².